The number of hydrogen-bond acceptors (Lipinski definition) is 2. The molecule has 0 bridgehead atoms. The number of rotatable bonds is 3. The van der Waals surface area contributed by atoms with Gasteiger partial charge in [0.05, 0.1) is 0 Å². The first-order valence-corrected chi connectivity index (χ1v) is 5.85. The minimum absolute atomic E-state index is 0.323. The monoisotopic (exact) mass is 220 g/mol. The van der Waals surface area contributed by atoms with Gasteiger partial charge in [0.15, 0.2) is 0 Å². The predicted molar refractivity (Wildman–Crippen MR) is 71.4 cm³/mol. The van der Waals surface area contributed by atoms with Crippen molar-refractivity contribution >= 4 is 5.69 Å². The Morgan fingerprint density at radius 1 is 1.31 bits per heavy atom. The Bertz CT molecular complexity index is 339. The fourth-order valence-corrected chi connectivity index (χ4v) is 1.96. The molecule has 2 heteroatoms. The second-order valence-electron chi connectivity index (χ2n) is 5.82. The van der Waals surface area contributed by atoms with Crippen LogP contribution in [0, 0.1) is 5.41 Å². The van der Waals surface area contributed by atoms with Crippen LogP contribution in [0.25, 0.3) is 0 Å². The Morgan fingerprint density at radius 2 is 1.94 bits per heavy atom. The van der Waals surface area contributed by atoms with Gasteiger partial charge in [0.2, 0.25) is 0 Å². The zero-order valence-corrected chi connectivity index (χ0v) is 11.1. The first kappa shape index (κ1) is 13.0. The summed E-state index contributed by atoms with van der Waals surface area (Å²) in [5.74, 6) is 0. The molecule has 0 aromatic heterocycles. The third-order valence-corrected chi connectivity index (χ3v) is 2.78. The third-order valence-electron chi connectivity index (χ3n) is 2.78. The molecule has 16 heavy (non-hydrogen) atoms. The highest BCUT2D eigenvalue weighted by Gasteiger charge is 2.18. The van der Waals surface area contributed by atoms with Crippen molar-refractivity contribution in [1.82, 2.24) is 4.90 Å². The lowest BCUT2D eigenvalue weighted by Crippen LogP contribution is -2.31. The van der Waals surface area contributed by atoms with Crippen LogP contribution in [-0.4, -0.2) is 18.5 Å². The van der Waals surface area contributed by atoms with Crippen LogP contribution in [0.5, 0.6) is 0 Å². The van der Waals surface area contributed by atoms with Gasteiger partial charge in [-0.05, 0) is 37.1 Å². The zero-order valence-electron chi connectivity index (χ0n) is 11.1. The van der Waals surface area contributed by atoms with Gasteiger partial charge in [0.1, 0.15) is 0 Å². The normalized spacial score (nSPS) is 14.1. The van der Waals surface area contributed by atoms with Crippen LogP contribution in [0.2, 0.25) is 0 Å². The molecule has 0 heterocycles. The van der Waals surface area contributed by atoms with Crippen LogP contribution in [0.4, 0.5) is 5.69 Å². The van der Waals surface area contributed by atoms with E-state index in [0.29, 0.717) is 11.5 Å². The maximum Gasteiger partial charge on any atom is 0.0317 e. The number of hydrogen-bond donors (Lipinski definition) is 1. The van der Waals surface area contributed by atoms with Crippen molar-refractivity contribution in [2.75, 3.05) is 19.3 Å². The number of benzene rings is 1. The molecule has 0 amide bonds. The van der Waals surface area contributed by atoms with Gasteiger partial charge in [-0.2, -0.15) is 0 Å². The minimum Gasteiger partial charge on any atom is -0.399 e. The van der Waals surface area contributed by atoms with Gasteiger partial charge in [-0.25, -0.2) is 0 Å². The number of nitrogen functional groups attached to an aromatic ring is 1. The molecule has 1 atom stereocenters. The van der Waals surface area contributed by atoms with Gasteiger partial charge in [-0.1, -0.05) is 32.9 Å². The summed E-state index contributed by atoms with van der Waals surface area (Å²) < 4.78 is 0. The van der Waals surface area contributed by atoms with E-state index in [1.165, 1.54) is 5.56 Å². The van der Waals surface area contributed by atoms with Crippen LogP contribution in [0.3, 0.4) is 0 Å². The van der Waals surface area contributed by atoms with Crippen molar-refractivity contribution in [2.45, 2.75) is 33.7 Å². The summed E-state index contributed by atoms with van der Waals surface area (Å²) >= 11 is 0. The van der Waals surface area contributed by atoms with Crippen LogP contribution < -0.4 is 5.73 Å². The van der Waals surface area contributed by atoms with E-state index >= 15 is 0 Å². The lowest BCUT2D eigenvalue weighted by Gasteiger charge is -2.31. The van der Waals surface area contributed by atoms with Crippen LogP contribution in [0.15, 0.2) is 24.3 Å². The van der Waals surface area contributed by atoms with Crippen molar-refractivity contribution in [1.29, 1.82) is 0 Å². The van der Waals surface area contributed by atoms with Gasteiger partial charge in [0, 0.05) is 18.3 Å². The van der Waals surface area contributed by atoms with E-state index in [9.17, 15) is 0 Å². The van der Waals surface area contributed by atoms with Crippen molar-refractivity contribution in [3.8, 4) is 0 Å². The second-order valence-corrected chi connectivity index (χ2v) is 5.82. The maximum atomic E-state index is 5.81. The maximum absolute atomic E-state index is 5.81. The van der Waals surface area contributed by atoms with Gasteiger partial charge in [0.25, 0.3) is 0 Å². The van der Waals surface area contributed by atoms with E-state index in [1.807, 2.05) is 12.1 Å². The van der Waals surface area contributed by atoms with Gasteiger partial charge in [-0.3, -0.25) is 4.90 Å². The standard InChI is InChI=1S/C14H24N2/c1-11(16(5)10-14(2,3)4)12-7-6-8-13(15)9-12/h6-9,11H,10,15H2,1-5H3. The Kier molecular flexibility index (Phi) is 3.98. The molecule has 1 rings (SSSR count). The average molecular weight is 220 g/mol. The first-order valence-electron chi connectivity index (χ1n) is 5.85. The molecule has 2 nitrogen and oxygen atoms in total. The fourth-order valence-electron chi connectivity index (χ4n) is 1.96. The topological polar surface area (TPSA) is 29.3 Å². The van der Waals surface area contributed by atoms with E-state index in [0.717, 1.165) is 12.2 Å². The van der Waals surface area contributed by atoms with Gasteiger partial charge in [-0.15, -0.1) is 0 Å². The van der Waals surface area contributed by atoms with Crippen molar-refractivity contribution in [3.63, 3.8) is 0 Å². The Morgan fingerprint density at radius 3 is 2.44 bits per heavy atom. The van der Waals surface area contributed by atoms with Crippen LogP contribution >= 0.6 is 0 Å². The summed E-state index contributed by atoms with van der Waals surface area (Å²) in [6, 6.07) is 8.55. The number of anilines is 1. The first-order chi connectivity index (χ1) is 7.29. The summed E-state index contributed by atoms with van der Waals surface area (Å²) in [5, 5.41) is 0. The van der Waals surface area contributed by atoms with Gasteiger partial charge >= 0.3 is 0 Å². The molecule has 90 valence electrons. The Hall–Kier alpha value is -1.02. The molecule has 0 aliphatic carbocycles. The molecule has 0 saturated carbocycles. The molecule has 0 radical (unpaired) electrons. The summed E-state index contributed by atoms with van der Waals surface area (Å²) in [4.78, 5) is 2.37. The fraction of sp³-hybridized carbons (Fsp3) is 0.571. The molecular weight excluding hydrogens is 196 g/mol. The smallest absolute Gasteiger partial charge is 0.0317 e. The van der Waals surface area contributed by atoms with E-state index in [2.05, 4.69) is 51.8 Å². The minimum atomic E-state index is 0.323. The van der Waals surface area contributed by atoms with Crippen molar-refractivity contribution < 1.29 is 0 Å². The van der Waals surface area contributed by atoms with Crippen molar-refractivity contribution in [3.05, 3.63) is 29.8 Å². The molecule has 0 fully saturated rings. The van der Waals surface area contributed by atoms with E-state index in [4.69, 9.17) is 5.73 Å². The van der Waals surface area contributed by atoms with Gasteiger partial charge < -0.3 is 5.73 Å². The molecule has 0 aliphatic heterocycles. The molecule has 1 aromatic carbocycles. The predicted octanol–water partition coefficient (Wildman–Crippen LogP) is 3.31. The SMILES string of the molecule is CC(c1cccc(N)c1)N(C)CC(C)(C)C. The van der Waals surface area contributed by atoms with E-state index < -0.39 is 0 Å². The molecule has 0 aliphatic rings. The summed E-state index contributed by atoms with van der Waals surface area (Å²) in [6.45, 7) is 10.1. The molecule has 0 spiro atoms. The highest BCUT2D eigenvalue weighted by Crippen LogP contribution is 2.24. The van der Waals surface area contributed by atoms with Crippen LogP contribution in [0.1, 0.15) is 39.3 Å². The molecule has 1 aromatic rings. The lowest BCUT2D eigenvalue weighted by molar-refractivity contribution is 0.182. The summed E-state index contributed by atoms with van der Waals surface area (Å²) in [5.41, 5.74) is 8.25. The Balaban J connectivity index is 2.74. The van der Waals surface area contributed by atoms with Crippen molar-refractivity contribution in [2.24, 2.45) is 5.41 Å². The number of nitrogens with zero attached hydrogens (tertiary/aromatic N) is 1. The average Bonchev–Trinajstić information content (AvgIpc) is 2.14. The molecular formula is C14H24N2. The summed E-state index contributed by atoms with van der Waals surface area (Å²) in [7, 11) is 2.17. The zero-order chi connectivity index (χ0) is 12.3. The third kappa shape index (κ3) is 3.86. The Labute approximate surface area is 99.5 Å². The van der Waals surface area contributed by atoms with E-state index in [1.54, 1.807) is 0 Å². The second kappa shape index (κ2) is 4.88. The largest absolute Gasteiger partial charge is 0.399 e. The highest BCUT2D eigenvalue weighted by molar-refractivity contribution is 5.41. The van der Waals surface area contributed by atoms with Crippen LogP contribution in [-0.2, 0) is 0 Å². The summed E-state index contributed by atoms with van der Waals surface area (Å²) in [6.07, 6.45) is 0. The number of nitrogens with two attached hydrogens (primary N) is 1. The molecule has 1 unspecified atom stereocenters. The lowest BCUT2D eigenvalue weighted by atomic mass is 9.95. The molecule has 0 saturated heterocycles. The quantitative estimate of drug-likeness (QED) is 0.792. The highest BCUT2D eigenvalue weighted by atomic mass is 15.1. The molecule has 2 N–H and O–H groups in total. The van der Waals surface area contributed by atoms with E-state index in [-0.39, 0.29) is 0 Å².